The van der Waals surface area contributed by atoms with Crippen molar-refractivity contribution >= 4 is 21.0 Å². The van der Waals surface area contributed by atoms with E-state index >= 15 is 0 Å². The Bertz CT molecular complexity index is 1090. The van der Waals surface area contributed by atoms with Gasteiger partial charge in [0.25, 0.3) is 10.1 Å². The molecular formula is C20H19NO5S. The van der Waals surface area contributed by atoms with Crippen molar-refractivity contribution in [2.24, 2.45) is 0 Å². The van der Waals surface area contributed by atoms with E-state index in [2.05, 4.69) is 4.98 Å². The van der Waals surface area contributed by atoms with Crippen LogP contribution in [0.5, 0.6) is 11.5 Å². The first kappa shape index (κ1) is 17.8. The minimum Gasteiger partial charge on any atom is -0.486 e. The van der Waals surface area contributed by atoms with E-state index in [1.807, 2.05) is 38.1 Å². The first-order valence-corrected chi connectivity index (χ1v) is 9.99. The molecule has 0 unspecified atom stereocenters. The fraction of sp³-hybridized carbons (Fsp3) is 0.250. The van der Waals surface area contributed by atoms with Crippen molar-refractivity contribution in [3.05, 3.63) is 59.8 Å². The van der Waals surface area contributed by atoms with Gasteiger partial charge in [0.15, 0.2) is 17.6 Å². The lowest BCUT2D eigenvalue weighted by atomic mass is 10.1. The Hall–Kier alpha value is -2.64. The number of hydrogen-bond acceptors (Lipinski definition) is 6. The van der Waals surface area contributed by atoms with Crippen LogP contribution in [0.2, 0.25) is 0 Å². The summed E-state index contributed by atoms with van der Waals surface area (Å²) in [5.41, 5.74) is 2.68. The Morgan fingerprint density at radius 1 is 1.07 bits per heavy atom. The fourth-order valence-corrected chi connectivity index (χ4v) is 3.83. The second kappa shape index (κ2) is 6.83. The molecule has 2 heterocycles. The molecule has 0 radical (unpaired) electrons. The number of rotatable bonds is 4. The molecule has 1 atom stereocenters. The molecule has 0 saturated heterocycles. The zero-order valence-corrected chi connectivity index (χ0v) is 15.8. The summed E-state index contributed by atoms with van der Waals surface area (Å²) < 4.78 is 41.6. The fourth-order valence-electron chi connectivity index (χ4n) is 2.90. The molecule has 1 aliphatic rings. The van der Waals surface area contributed by atoms with Crippen LogP contribution in [-0.4, -0.2) is 32.7 Å². The Balaban J connectivity index is 1.52. The summed E-state index contributed by atoms with van der Waals surface area (Å²) >= 11 is 0. The van der Waals surface area contributed by atoms with E-state index in [-0.39, 0.29) is 18.1 Å². The summed E-state index contributed by atoms with van der Waals surface area (Å²) in [4.78, 5) is 4.60. The van der Waals surface area contributed by atoms with E-state index in [0.29, 0.717) is 11.5 Å². The summed E-state index contributed by atoms with van der Waals surface area (Å²) in [6.45, 7) is 3.89. The van der Waals surface area contributed by atoms with Crippen molar-refractivity contribution in [2.45, 2.75) is 24.8 Å². The smallest absolute Gasteiger partial charge is 0.297 e. The van der Waals surface area contributed by atoms with Crippen LogP contribution in [0, 0.1) is 13.8 Å². The van der Waals surface area contributed by atoms with Crippen LogP contribution < -0.4 is 9.47 Å². The molecule has 0 fully saturated rings. The number of pyridine rings is 1. The predicted octanol–water partition coefficient (Wildman–Crippen LogP) is 3.40. The lowest BCUT2D eigenvalue weighted by molar-refractivity contribution is 0.0571. The third-order valence-electron chi connectivity index (χ3n) is 4.35. The van der Waals surface area contributed by atoms with Crippen molar-refractivity contribution < 1.29 is 22.1 Å². The van der Waals surface area contributed by atoms with Gasteiger partial charge < -0.3 is 9.47 Å². The molecule has 6 nitrogen and oxygen atoms in total. The third-order valence-corrected chi connectivity index (χ3v) is 5.65. The number of nitrogens with zero attached hydrogens (tertiary/aromatic N) is 1. The van der Waals surface area contributed by atoms with Crippen molar-refractivity contribution in [2.75, 3.05) is 13.2 Å². The zero-order chi connectivity index (χ0) is 19.0. The van der Waals surface area contributed by atoms with Gasteiger partial charge in [-0.15, -0.1) is 0 Å². The largest absolute Gasteiger partial charge is 0.486 e. The minimum atomic E-state index is -3.85. The zero-order valence-electron chi connectivity index (χ0n) is 15.0. The molecule has 27 heavy (non-hydrogen) atoms. The number of hydrogen-bond donors (Lipinski definition) is 0. The van der Waals surface area contributed by atoms with Crippen LogP contribution in [0.1, 0.15) is 11.3 Å². The summed E-state index contributed by atoms with van der Waals surface area (Å²) in [7, 11) is -3.85. The Morgan fingerprint density at radius 3 is 2.63 bits per heavy atom. The van der Waals surface area contributed by atoms with Gasteiger partial charge in [-0.2, -0.15) is 8.42 Å². The molecule has 0 amide bonds. The number of fused-ring (bicyclic) bond motifs is 3. The second-order valence-electron chi connectivity index (χ2n) is 6.51. The van der Waals surface area contributed by atoms with E-state index in [0.717, 1.165) is 22.2 Å². The Kier molecular flexibility index (Phi) is 4.49. The van der Waals surface area contributed by atoms with E-state index < -0.39 is 16.2 Å². The molecule has 1 aliphatic heterocycles. The molecule has 1 aromatic heterocycles. The first-order valence-electron chi connectivity index (χ1n) is 8.58. The molecule has 0 N–H and O–H groups in total. The highest BCUT2D eigenvalue weighted by Gasteiger charge is 2.26. The van der Waals surface area contributed by atoms with Crippen LogP contribution in [-0.2, 0) is 14.3 Å². The van der Waals surface area contributed by atoms with Gasteiger partial charge in [-0.3, -0.25) is 9.17 Å². The average molecular weight is 385 g/mol. The summed E-state index contributed by atoms with van der Waals surface area (Å²) in [6, 6.07) is 14.0. The molecule has 7 heteroatoms. The molecule has 140 valence electrons. The highest BCUT2D eigenvalue weighted by atomic mass is 32.2. The lowest BCUT2D eigenvalue weighted by Crippen LogP contribution is -2.34. The number of aryl methyl sites for hydroxylation is 2. The van der Waals surface area contributed by atoms with Gasteiger partial charge in [0, 0.05) is 11.1 Å². The molecule has 0 saturated carbocycles. The summed E-state index contributed by atoms with van der Waals surface area (Å²) in [5, 5.41) is 0.823. The highest BCUT2D eigenvalue weighted by Crippen LogP contribution is 2.38. The summed E-state index contributed by atoms with van der Waals surface area (Å²) in [6.07, 6.45) is -0.537. The van der Waals surface area contributed by atoms with Gasteiger partial charge in [0.2, 0.25) is 0 Å². The van der Waals surface area contributed by atoms with E-state index in [4.69, 9.17) is 13.7 Å². The SMILES string of the molecule is Cc1ccc(S(=O)(=O)OC[C@@H]2COc3ccc4nc(C)ccc4c3O2)cc1. The monoisotopic (exact) mass is 385 g/mol. The number of aromatic nitrogens is 1. The van der Waals surface area contributed by atoms with Crippen LogP contribution in [0.15, 0.2) is 53.4 Å². The van der Waals surface area contributed by atoms with Crippen LogP contribution in [0.4, 0.5) is 0 Å². The maximum absolute atomic E-state index is 12.4. The number of ether oxygens (including phenoxy) is 2. The standard InChI is InChI=1S/C20H19NO5S/c1-13-3-6-16(7-4-13)27(22,23)25-12-15-11-24-19-10-9-18-17(20(19)26-15)8-5-14(2)21-18/h3-10,15H,11-12H2,1-2H3/t15-/m0/s1. The van der Waals surface area contributed by atoms with Crippen LogP contribution >= 0.6 is 0 Å². The van der Waals surface area contributed by atoms with Gasteiger partial charge >= 0.3 is 0 Å². The van der Waals surface area contributed by atoms with Gasteiger partial charge in [0.1, 0.15) is 13.2 Å². The Labute approximate surface area is 157 Å². The summed E-state index contributed by atoms with van der Waals surface area (Å²) in [5.74, 6) is 1.18. The topological polar surface area (TPSA) is 74.7 Å². The van der Waals surface area contributed by atoms with Gasteiger partial charge in [-0.1, -0.05) is 17.7 Å². The molecular weight excluding hydrogens is 366 g/mol. The van der Waals surface area contributed by atoms with Crippen molar-refractivity contribution in [1.29, 1.82) is 0 Å². The maximum Gasteiger partial charge on any atom is 0.297 e. The maximum atomic E-state index is 12.4. The van der Waals surface area contributed by atoms with Gasteiger partial charge in [-0.25, -0.2) is 0 Å². The first-order chi connectivity index (χ1) is 12.9. The Morgan fingerprint density at radius 2 is 1.85 bits per heavy atom. The second-order valence-corrected chi connectivity index (χ2v) is 8.13. The predicted molar refractivity (Wildman–Crippen MR) is 101 cm³/mol. The van der Waals surface area contributed by atoms with Crippen molar-refractivity contribution in [1.82, 2.24) is 4.98 Å². The molecule has 0 bridgehead atoms. The minimum absolute atomic E-state index is 0.121. The number of benzene rings is 2. The quantitative estimate of drug-likeness (QED) is 0.641. The van der Waals surface area contributed by atoms with Crippen molar-refractivity contribution in [3.8, 4) is 11.5 Å². The molecule has 0 aliphatic carbocycles. The van der Waals surface area contributed by atoms with E-state index in [1.54, 1.807) is 12.1 Å². The normalized spacial score (nSPS) is 16.4. The molecule has 2 aromatic carbocycles. The average Bonchev–Trinajstić information content (AvgIpc) is 2.66. The molecule has 0 spiro atoms. The third kappa shape index (κ3) is 3.61. The lowest BCUT2D eigenvalue weighted by Gasteiger charge is -2.27. The van der Waals surface area contributed by atoms with Gasteiger partial charge in [0.05, 0.1) is 10.4 Å². The van der Waals surface area contributed by atoms with Gasteiger partial charge in [-0.05, 0) is 50.2 Å². The van der Waals surface area contributed by atoms with E-state index in [1.165, 1.54) is 12.1 Å². The molecule has 4 rings (SSSR count). The van der Waals surface area contributed by atoms with Crippen molar-refractivity contribution in [3.63, 3.8) is 0 Å². The van der Waals surface area contributed by atoms with Crippen LogP contribution in [0.25, 0.3) is 10.9 Å². The highest BCUT2D eigenvalue weighted by molar-refractivity contribution is 7.86. The van der Waals surface area contributed by atoms with E-state index in [9.17, 15) is 8.42 Å². The molecule has 3 aromatic rings. The van der Waals surface area contributed by atoms with Crippen LogP contribution in [0.3, 0.4) is 0 Å².